The third-order valence-electron chi connectivity index (χ3n) is 5.00. The van der Waals surface area contributed by atoms with E-state index in [1.54, 1.807) is 30.3 Å². The number of β-amino-alcohol motifs (C(OH)–C–C–N with tert-alkyl or cyclic N) is 1. The number of carbonyl (C=O) groups is 2. The molecule has 0 spiro atoms. The minimum absolute atomic E-state index is 0.143. The number of aliphatic hydroxyl groups excluding tert-OH is 1. The Kier molecular flexibility index (Phi) is 6.83. The minimum Gasteiger partial charge on any atom is -0.457 e. The highest BCUT2D eigenvalue weighted by atomic mass is 32.2. The standard InChI is InChI=1S/C21H22N4O4S2/c26-11-10-24-6-8-25(9-7-24)23-19(27)15-3-1-2-14(12-15)17-5-4-16(29-17)13-18-20(28)22-21(30)31-18/h1-5,12-13,26H,6-11H2,(H,23,27)(H,22,28,30). The van der Waals surface area contributed by atoms with Crippen molar-refractivity contribution in [2.24, 2.45) is 0 Å². The number of hydrogen-bond donors (Lipinski definition) is 3. The second-order valence-electron chi connectivity index (χ2n) is 7.13. The average molecular weight is 459 g/mol. The molecule has 3 heterocycles. The van der Waals surface area contributed by atoms with Gasteiger partial charge in [0.2, 0.25) is 0 Å². The molecule has 4 rings (SSSR count). The lowest BCUT2D eigenvalue weighted by molar-refractivity contribution is -0.115. The summed E-state index contributed by atoms with van der Waals surface area (Å²) in [5.74, 6) is 0.723. The molecule has 3 N–H and O–H groups in total. The normalized spacial score (nSPS) is 19.1. The van der Waals surface area contributed by atoms with E-state index in [-0.39, 0.29) is 18.4 Å². The summed E-state index contributed by atoms with van der Waals surface area (Å²) in [7, 11) is 0. The Hall–Kier alpha value is -2.50. The lowest BCUT2D eigenvalue weighted by Crippen LogP contribution is -2.53. The lowest BCUT2D eigenvalue weighted by Gasteiger charge is -2.34. The highest BCUT2D eigenvalue weighted by Gasteiger charge is 2.23. The SMILES string of the molecule is O=C1NC(=S)SC1=Cc1ccc(-c2cccc(C(=O)NN3CCN(CCO)CC3)c2)o1. The first-order valence-corrected chi connectivity index (χ1v) is 11.1. The number of nitrogens with zero attached hydrogens (tertiary/aromatic N) is 2. The van der Waals surface area contributed by atoms with Gasteiger partial charge in [0.1, 0.15) is 15.8 Å². The van der Waals surface area contributed by atoms with Crippen molar-refractivity contribution in [2.45, 2.75) is 0 Å². The van der Waals surface area contributed by atoms with Gasteiger partial charge >= 0.3 is 0 Å². The molecule has 2 aliphatic heterocycles. The predicted octanol–water partition coefficient (Wildman–Crippen LogP) is 1.69. The molecule has 31 heavy (non-hydrogen) atoms. The Morgan fingerprint density at radius 2 is 2.06 bits per heavy atom. The lowest BCUT2D eigenvalue weighted by atomic mass is 10.1. The maximum Gasteiger partial charge on any atom is 0.265 e. The molecular weight excluding hydrogens is 436 g/mol. The van der Waals surface area contributed by atoms with E-state index in [1.165, 1.54) is 11.8 Å². The second-order valence-corrected chi connectivity index (χ2v) is 8.85. The molecule has 1 aromatic carbocycles. The first kappa shape index (κ1) is 21.7. The molecule has 2 amide bonds. The molecule has 162 valence electrons. The quantitative estimate of drug-likeness (QED) is 0.445. The van der Waals surface area contributed by atoms with E-state index < -0.39 is 0 Å². The van der Waals surface area contributed by atoms with E-state index in [1.807, 2.05) is 17.1 Å². The molecule has 1 aromatic heterocycles. The average Bonchev–Trinajstić information content (AvgIpc) is 3.36. The molecule has 10 heteroatoms. The summed E-state index contributed by atoms with van der Waals surface area (Å²) in [5.41, 5.74) is 4.24. The van der Waals surface area contributed by atoms with Gasteiger partial charge in [-0.25, -0.2) is 5.01 Å². The number of aliphatic hydroxyl groups is 1. The Morgan fingerprint density at radius 1 is 1.26 bits per heavy atom. The smallest absolute Gasteiger partial charge is 0.265 e. The molecule has 0 bridgehead atoms. The van der Waals surface area contributed by atoms with Crippen LogP contribution in [0.1, 0.15) is 16.1 Å². The van der Waals surface area contributed by atoms with Crippen LogP contribution < -0.4 is 10.7 Å². The van der Waals surface area contributed by atoms with Crippen molar-refractivity contribution >= 4 is 46.2 Å². The van der Waals surface area contributed by atoms with Crippen molar-refractivity contribution < 1.29 is 19.1 Å². The first-order chi connectivity index (χ1) is 15.0. The summed E-state index contributed by atoms with van der Waals surface area (Å²) < 4.78 is 6.28. The number of hydrazine groups is 1. The number of benzene rings is 1. The van der Waals surface area contributed by atoms with Crippen molar-refractivity contribution in [3.63, 3.8) is 0 Å². The largest absolute Gasteiger partial charge is 0.457 e. The van der Waals surface area contributed by atoms with Gasteiger partial charge in [0, 0.05) is 49.9 Å². The molecule has 0 radical (unpaired) electrons. The van der Waals surface area contributed by atoms with Crippen molar-refractivity contribution in [1.29, 1.82) is 0 Å². The minimum atomic E-state index is -0.233. The molecule has 0 atom stereocenters. The van der Waals surface area contributed by atoms with Crippen LogP contribution in [-0.4, -0.2) is 70.5 Å². The molecule has 0 saturated carbocycles. The zero-order chi connectivity index (χ0) is 21.8. The van der Waals surface area contributed by atoms with Gasteiger partial charge in [0.05, 0.1) is 11.5 Å². The van der Waals surface area contributed by atoms with Gasteiger partial charge in [-0.1, -0.05) is 36.1 Å². The number of thioether (sulfide) groups is 1. The zero-order valence-electron chi connectivity index (χ0n) is 16.7. The van der Waals surface area contributed by atoms with Crippen LogP contribution in [0.5, 0.6) is 0 Å². The number of furan rings is 1. The summed E-state index contributed by atoms with van der Waals surface area (Å²) in [5, 5.41) is 13.5. The van der Waals surface area contributed by atoms with Crippen molar-refractivity contribution in [2.75, 3.05) is 39.3 Å². The fourth-order valence-electron chi connectivity index (χ4n) is 3.38. The van der Waals surface area contributed by atoms with Crippen LogP contribution in [0, 0.1) is 0 Å². The number of piperazine rings is 1. The van der Waals surface area contributed by atoms with Crippen LogP contribution in [0.2, 0.25) is 0 Å². The van der Waals surface area contributed by atoms with Crippen molar-refractivity contribution in [1.82, 2.24) is 20.7 Å². The molecule has 2 aromatic rings. The van der Waals surface area contributed by atoms with Gasteiger partial charge in [0.15, 0.2) is 0 Å². The van der Waals surface area contributed by atoms with Gasteiger partial charge in [-0.15, -0.1) is 0 Å². The van der Waals surface area contributed by atoms with Crippen LogP contribution in [0.15, 0.2) is 45.7 Å². The van der Waals surface area contributed by atoms with Gasteiger partial charge in [0.25, 0.3) is 11.8 Å². The molecule has 0 unspecified atom stereocenters. The zero-order valence-corrected chi connectivity index (χ0v) is 18.3. The third-order valence-corrected chi connectivity index (χ3v) is 6.16. The van der Waals surface area contributed by atoms with E-state index in [2.05, 4.69) is 15.6 Å². The Balaban J connectivity index is 1.41. The van der Waals surface area contributed by atoms with Crippen molar-refractivity contribution in [3.8, 4) is 11.3 Å². The van der Waals surface area contributed by atoms with Crippen molar-refractivity contribution in [3.05, 3.63) is 52.6 Å². The number of nitrogens with one attached hydrogen (secondary N) is 2. The maximum absolute atomic E-state index is 12.7. The van der Waals surface area contributed by atoms with Crippen LogP contribution in [0.3, 0.4) is 0 Å². The van der Waals surface area contributed by atoms with E-state index >= 15 is 0 Å². The predicted molar refractivity (Wildman–Crippen MR) is 123 cm³/mol. The van der Waals surface area contributed by atoms with Gasteiger partial charge in [-0.2, -0.15) is 0 Å². The first-order valence-electron chi connectivity index (χ1n) is 9.86. The number of thiocarbonyl (C=S) groups is 1. The molecule has 2 saturated heterocycles. The monoisotopic (exact) mass is 458 g/mol. The van der Waals surface area contributed by atoms with Crippen LogP contribution >= 0.6 is 24.0 Å². The summed E-state index contributed by atoms with van der Waals surface area (Å²) >= 11 is 6.19. The summed E-state index contributed by atoms with van der Waals surface area (Å²) in [6, 6.07) is 10.8. The second kappa shape index (κ2) is 9.75. The summed E-state index contributed by atoms with van der Waals surface area (Å²) in [6.45, 7) is 3.80. The Morgan fingerprint density at radius 3 is 2.77 bits per heavy atom. The highest BCUT2D eigenvalue weighted by molar-refractivity contribution is 8.26. The fourth-order valence-corrected chi connectivity index (χ4v) is 4.41. The molecule has 8 nitrogen and oxygen atoms in total. The highest BCUT2D eigenvalue weighted by Crippen LogP contribution is 2.29. The molecule has 2 aliphatic rings. The van der Waals surface area contributed by atoms with Gasteiger partial charge < -0.3 is 14.8 Å². The molecular formula is C21H22N4O4S2. The van der Waals surface area contributed by atoms with E-state index in [0.29, 0.717) is 45.9 Å². The molecule has 2 fully saturated rings. The van der Waals surface area contributed by atoms with Crippen LogP contribution in [-0.2, 0) is 4.79 Å². The van der Waals surface area contributed by atoms with Crippen LogP contribution in [0.4, 0.5) is 0 Å². The topological polar surface area (TPSA) is 98.1 Å². The molecule has 0 aliphatic carbocycles. The number of rotatable bonds is 6. The van der Waals surface area contributed by atoms with E-state index in [9.17, 15) is 9.59 Å². The van der Waals surface area contributed by atoms with E-state index in [4.69, 9.17) is 21.7 Å². The Bertz CT molecular complexity index is 1030. The van der Waals surface area contributed by atoms with Gasteiger partial charge in [-0.3, -0.25) is 19.9 Å². The third kappa shape index (κ3) is 5.41. The van der Waals surface area contributed by atoms with Gasteiger partial charge in [-0.05, 0) is 24.3 Å². The summed E-state index contributed by atoms with van der Waals surface area (Å²) in [4.78, 5) is 27.2. The Labute approximate surface area is 189 Å². The van der Waals surface area contributed by atoms with E-state index in [0.717, 1.165) is 18.7 Å². The number of carbonyl (C=O) groups excluding carboxylic acids is 2. The number of amides is 2. The maximum atomic E-state index is 12.7. The fraction of sp³-hybridized carbons (Fsp3) is 0.286. The summed E-state index contributed by atoms with van der Waals surface area (Å²) in [6.07, 6.45) is 1.65. The van der Waals surface area contributed by atoms with Crippen LogP contribution in [0.25, 0.3) is 17.4 Å². The number of hydrogen-bond acceptors (Lipinski definition) is 8.